The van der Waals surface area contributed by atoms with E-state index in [0.717, 1.165) is 12.1 Å². The van der Waals surface area contributed by atoms with Crippen molar-refractivity contribution < 1.29 is 27.9 Å². The molecule has 1 aromatic heterocycles. The lowest BCUT2D eigenvalue weighted by atomic mass is 10.0. The molecule has 27 heavy (non-hydrogen) atoms. The van der Waals surface area contributed by atoms with Crippen LogP contribution in [0.3, 0.4) is 0 Å². The van der Waals surface area contributed by atoms with Gasteiger partial charge in [-0.3, -0.25) is 4.79 Å². The van der Waals surface area contributed by atoms with Gasteiger partial charge in [-0.1, -0.05) is 6.07 Å². The molecule has 0 aliphatic carbocycles. The molecule has 6 N–H and O–H groups in total. The number of nitrogens with zero attached hydrogens (tertiary/aromatic N) is 1. The highest BCUT2D eigenvalue weighted by atomic mass is 32.1. The molecule has 0 bridgehead atoms. The van der Waals surface area contributed by atoms with Gasteiger partial charge in [0.05, 0.1) is 16.6 Å². The van der Waals surface area contributed by atoms with Crippen LogP contribution < -0.4 is 16.8 Å². The van der Waals surface area contributed by atoms with E-state index < -0.39 is 29.2 Å². The topological polar surface area (TPSA) is 131 Å². The molecule has 0 spiro atoms. The van der Waals surface area contributed by atoms with Gasteiger partial charge < -0.3 is 21.9 Å². The van der Waals surface area contributed by atoms with Crippen molar-refractivity contribution in [1.29, 1.82) is 0 Å². The second-order valence-corrected chi connectivity index (χ2v) is 5.85. The summed E-state index contributed by atoms with van der Waals surface area (Å²) >= 11 is 1.22. The van der Waals surface area contributed by atoms with Crippen LogP contribution in [-0.2, 0) is 6.18 Å². The Kier molecular flexibility index (Phi) is 5.85. The van der Waals surface area contributed by atoms with Crippen molar-refractivity contribution >= 4 is 28.9 Å². The quantitative estimate of drug-likeness (QED) is 0.572. The van der Waals surface area contributed by atoms with Gasteiger partial charge in [0.1, 0.15) is 11.5 Å². The van der Waals surface area contributed by atoms with Crippen LogP contribution in [0.15, 0.2) is 47.1 Å². The summed E-state index contributed by atoms with van der Waals surface area (Å²) in [6.45, 7) is 0. The number of aromatic carboxylic acids is 1. The van der Waals surface area contributed by atoms with Crippen LogP contribution in [0.4, 0.5) is 13.2 Å². The minimum absolute atomic E-state index is 0.0444. The number of hydrogen-bond acceptors (Lipinski definition) is 6. The zero-order valence-corrected chi connectivity index (χ0v) is 14.3. The smallest absolute Gasteiger partial charge is 0.417 e. The highest BCUT2D eigenvalue weighted by Gasteiger charge is 2.35. The molecule has 0 fully saturated rings. The molecule has 142 valence electrons. The number of carboxylic acids is 1. The van der Waals surface area contributed by atoms with Crippen LogP contribution in [0.1, 0.15) is 32.0 Å². The van der Waals surface area contributed by atoms with Crippen LogP contribution in [-0.4, -0.2) is 22.0 Å². The number of amides is 1. The summed E-state index contributed by atoms with van der Waals surface area (Å²) in [4.78, 5) is 26.7. The highest BCUT2D eigenvalue weighted by Crippen LogP contribution is 2.33. The predicted octanol–water partition coefficient (Wildman–Crippen LogP) is 2.39. The largest absolute Gasteiger partial charge is 0.478 e. The SMILES string of the molecule is N/C(=C\C=C(/N)NC(=O)c1cscn1)c1ccc(C(F)(F)F)c(C(=O)O)c1. The second-order valence-electron chi connectivity index (χ2n) is 5.14. The molecule has 7 nitrogen and oxygen atoms in total. The number of aromatic nitrogens is 1. The van der Waals surface area contributed by atoms with E-state index in [1.54, 1.807) is 0 Å². The third-order valence-corrected chi connectivity index (χ3v) is 3.84. The fourth-order valence-corrected chi connectivity index (χ4v) is 2.52. The summed E-state index contributed by atoms with van der Waals surface area (Å²) in [5.74, 6) is -2.36. The number of rotatable bonds is 5. The Bertz CT molecular complexity index is 921. The maximum atomic E-state index is 12.9. The van der Waals surface area contributed by atoms with E-state index in [1.165, 1.54) is 34.4 Å². The third kappa shape index (κ3) is 5.07. The Morgan fingerprint density at radius 2 is 1.93 bits per heavy atom. The lowest BCUT2D eigenvalue weighted by molar-refractivity contribution is -0.138. The monoisotopic (exact) mass is 398 g/mol. The van der Waals surface area contributed by atoms with Crippen LogP contribution in [0.5, 0.6) is 0 Å². The molecule has 0 saturated carbocycles. The molecular formula is C16H13F3N4O3S. The molecule has 0 aliphatic rings. The molecule has 2 aromatic rings. The van der Waals surface area contributed by atoms with Crippen LogP contribution in [0.25, 0.3) is 5.70 Å². The van der Waals surface area contributed by atoms with E-state index in [1.807, 2.05) is 0 Å². The molecule has 1 heterocycles. The van der Waals surface area contributed by atoms with Gasteiger partial charge in [0, 0.05) is 11.1 Å². The molecular weight excluding hydrogens is 385 g/mol. The second kappa shape index (κ2) is 7.91. The first-order chi connectivity index (χ1) is 12.6. The van der Waals surface area contributed by atoms with E-state index >= 15 is 0 Å². The number of carbonyl (C=O) groups is 2. The van der Waals surface area contributed by atoms with Crippen molar-refractivity contribution in [2.24, 2.45) is 11.5 Å². The lowest BCUT2D eigenvalue weighted by Crippen LogP contribution is -2.27. The minimum Gasteiger partial charge on any atom is -0.478 e. The number of carboxylic acid groups (broad SMARTS) is 1. The Morgan fingerprint density at radius 1 is 1.22 bits per heavy atom. The maximum Gasteiger partial charge on any atom is 0.417 e. The number of nitrogens with one attached hydrogen (secondary N) is 1. The molecule has 1 amide bonds. The molecule has 0 atom stereocenters. The van der Waals surface area contributed by atoms with E-state index in [2.05, 4.69) is 10.3 Å². The summed E-state index contributed by atoms with van der Waals surface area (Å²) < 4.78 is 38.6. The fraction of sp³-hybridized carbons (Fsp3) is 0.0625. The van der Waals surface area contributed by atoms with E-state index in [4.69, 9.17) is 16.6 Å². The van der Waals surface area contributed by atoms with Crippen molar-refractivity contribution in [2.75, 3.05) is 0 Å². The van der Waals surface area contributed by atoms with Gasteiger partial charge in [0.2, 0.25) is 0 Å². The number of alkyl halides is 3. The molecule has 0 aliphatic heterocycles. The number of thiazole rings is 1. The van der Waals surface area contributed by atoms with Gasteiger partial charge >= 0.3 is 12.1 Å². The van der Waals surface area contributed by atoms with E-state index in [-0.39, 0.29) is 22.8 Å². The van der Waals surface area contributed by atoms with Crippen LogP contribution in [0, 0.1) is 0 Å². The molecule has 1 aromatic carbocycles. The Balaban J connectivity index is 2.23. The van der Waals surface area contributed by atoms with Crippen LogP contribution in [0.2, 0.25) is 0 Å². The number of carbonyl (C=O) groups excluding carboxylic acids is 1. The standard InChI is InChI=1S/C16H13F3N4O3S/c17-16(18,19)10-2-1-8(5-9(10)15(25)26)11(20)3-4-13(21)23-14(24)12-6-27-7-22-12/h1-7H,20-21H2,(H,23,24)(H,25,26)/b11-3-,13-4+. The average molecular weight is 398 g/mol. The molecule has 0 saturated heterocycles. The number of hydrogen-bond donors (Lipinski definition) is 4. The summed E-state index contributed by atoms with van der Waals surface area (Å²) in [6.07, 6.45) is -2.36. The van der Waals surface area contributed by atoms with E-state index in [9.17, 15) is 22.8 Å². The Labute approximate surface area is 154 Å². The first-order valence-electron chi connectivity index (χ1n) is 7.17. The van der Waals surface area contributed by atoms with Crippen molar-refractivity contribution in [1.82, 2.24) is 10.3 Å². The van der Waals surface area contributed by atoms with Gasteiger partial charge in [-0.15, -0.1) is 11.3 Å². The van der Waals surface area contributed by atoms with Crippen molar-refractivity contribution in [3.05, 3.63) is 69.4 Å². The summed E-state index contributed by atoms with van der Waals surface area (Å²) in [5.41, 5.74) is 10.8. The maximum absolute atomic E-state index is 12.9. The van der Waals surface area contributed by atoms with Gasteiger partial charge in [0.25, 0.3) is 5.91 Å². The molecule has 0 unspecified atom stereocenters. The van der Waals surface area contributed by atoms with Crippen molar-refractivity contribution in [3.8, 4) is 0 Å². The van der Waals surface area contributed by atoms with Crippen LogP contribution >= 0.6 is 11.3 Å². The highest BCUT2D eigenvalue weighted by molar-refractivity contribution is 7.07. The normalized spacial score (nSPS) is 12.7. The predicted molar refractivity (Wildman–Crippen MR) is 92.4 cm³/mol. The first kappa shape index (κ1) is 20.0. The number of nitrogens with two attached hydrogens (primary N) is 2. The average Bonchev–Trinajstić information content (AvgIpc) is 3.13. The summed E-state index contributed by atoms with van der Waals surface area (Å²) in [6, 6.07) is 2.49. The molecule has 11 heteroatoms. The Hall–Kier alpha value is -3.34. The summed E-state index contributed by atoms with van der Waals surface area (Å²) in [7, 11) is 0. The zero-order chi connectivity index (χ0) is 20.2. The Morgan fingerprint density at radius 3 is 2.48 bits per heavy atom. The third-order valence-electron chi connectivity index (χ3n) is 3.25. The van der Waals surface area contributed by atoms with Gasteiger partial charge in [-0.2, -0.15) is 13.2 Å². The molecule has 0 radical (unpaired) electrons. The number of allylic oxidation sites excluding steroid dienone is 2. The minimum atomic E-state index is -4.81. The number of benzene rings is 1. The van der Waals surface area contributed by atoms with Crippen molar-refractivity contribution in [3.63, 3.8) is 0 Å². The van der Waals surface area contributed by atoms with Gasteiger partial charge in [0.15, 0.2) is 0 Å². The molecule has 2 rings (SSSR count). The lowest BCUT2D eigenvalue weighted by Gasteiger charge is -2.12. The van der Waals surface area contributed by atoms with Crippen molar-refractivity contribution in [2.45, 2.75) is 6.18 Å². The fourth-order valence-electron chi connectivity index (χ4n) is 1.99. The first-order valence-corrected chi connectivity index (χ1v) is 8.11. The zero-order valence-electron chi connectivity index (χ0n) is 13.4. The number of halogens is 3. The summed E-state index contributed by atoms with van der Waals surface area (Å²) in [5, 5.41) is 12.9. The van der Waals surface area contributed by atoms with Gasteiger partial charge in [-0.05, 0) is 29.8 Å². The van der Waals surface area contributed by atoms with E-state index in [0.29, 0.717) is 6.07 Å². The van der Waals surface area contributed by atoms with Gasteiger partial charge in [-0.25, -0.2) is 9.78 Å².